The molecule has 0 aliphatic rings. The third kappa shape index (κ3) is 4.91. The van der Waals surface area contributed by atoms with Gasteiger partial charge in [-0.2, -0.15) is 0 Å². The molecule has 0 unspecified atom stereocenters. The van der Waals surface area contributed by atoms with E-state index in [1.165, 1.54) is 0 Å². The highest BCUT2D eigenvalue weighted by atomic mass is 16.5. The summed E-state index contributed by atoms with van der Waals surface area (Å²) in [5.74, 6) is 0.665. The van der Waals surface area contributed by atoms with E-state index in [2.05, 4.69) is 5.32 Å². The average molecular weight is 248 g/mol. The van der Waals surface area contributed by atoms with Gasteiger partial charge in [0.2, 0.25) is 5.91 Å². The molecule has 0 aliphatic carbocycles. The molecule has 1 amide bonds. The second-order valence-electron chi connectivity index (χ2n) is 3.97. The van der Waals surface area contributed by atoms with Crippen LogP contribution in [0.25, 0.3) is 0 Å². The molecule has 0 heterocycles. The Kier molecular flexibility index (Phi) is 5.77. The minimum absolute atomic E-state index is 0.0481. The van der Waals surface area contributed by atoms with Crippen LogP contribution in [0, 0.1) is 0 Å². The molecule has 3 N–H and O–H groups in total. The Bertz CT molecular complexity index is 428. The van der Waals surface area contributed by atoms with Crippen molar-refractivity contribution in [3.63, 3.8) is 0 Å². The van der Waals surface area contributed by atoms with E-state index in [-0.39, 0.29) is 5.91 Å². The Morgan fingerprint density at radius 1 is 1.50 bits per heavy atom. The van der Waals surface area contributed by atoms with Gasteiger partial charge < -0.3 is 15.8 Å². The molecule has 0 aliphatic heterocycles. The van der Waals surface area contributed by atoms with Crippen LogP contribution in [0.4, 0.5) is 5.69 Å². The summed E-state index contributed by atoms with van der Waals surface area (Å²) in [6.07, 6.45) is 2.76. The van der Waals surface area contributed by atoms with Crippen molar-refractivity contribution in [3.8, 4) is 5.75 Å². The van der Waals surface area contributed by atoms with Gasteiger partial charge in [-0.15, -0.1) is 0 Å². The highest BCUT2D eigenvalue weighted by Gasteiger charge is 2.02. The Morgan fingerprint density at radius 2 is 2.28 bits per heavy atom. The van der Waals surface area contributed by atoms with E-state index in [4.69, 9.17) is 10.5 Å². The lowest BCUT2D eigenvalue weighted by Gasteiger charge is -2.08. The first-order valence-electron chi connectivity index (χ1n) is 6.06. The highest BCUT2D eigenvalue weighted by Crippen LogP contribution is 2.13. The summed E-state index contributed by atoms with van der Waals surface area (Å²) in [6.45, 7) is 4.70. The van der Waals surface area contributed by atoms with Crippen molar-refractivity contribution < 1.29 is 9.53 Å². The third-order valence-electron chi connectivity index (χ3n) is 2.38. The molecule has 18 heavy (non-hydrogen) atoms. The van der Waals surface area contributed by atoms with Crippen molar-refractivity contribution in [3.05, 3.63) is 35.9 Å². The number of carbonyl (C=O) groups excluding carboxylic acids is 1. The van der Waals surface area contributed by atoms with E-state index in [1.807, 2.05) is 25.1 Å². The monoisotopic (exact) mass is 248 g/mol. The van der Waals surface area contributed by atoms with Gasteiger partial charge >= 0.3 is 0 Å². The normalized spacial score (nSPS) is 11.1. The molecular formula is C14H20N2O2. The maximum atomic E-state index is 11.5. The Morgan fingerprint density at radius 3 is 2.94 bits per heavy atom. The smallest absolute Gasteiger partial charge is 0.246 e. The molecule has 4 nitrogen and oxygen atoms in total. The number of nitrogen functional groups attached to an aromatic ring is 1. The molecule has 0 atom stereocenters. The largest absolute Gasteiger partial charge is 0.492 e. The first-order valence-corrected chi connectivity index (χ1v) is 6.06. The second-order valence-corrected chi connectivity index (χ2v) is 3.97. The van der Waals surface area contributed by atoms with Crippen LogP contribution in [0.1, 0.15) is 20.3 Å². The summed E-state index contributed by atoms with van der Waals surface area (Å²) in [7, 11) is 0. The van der Waals surface area contributed by atoms with Crippen molar-refractivity contribution in [2.45, 2.75) is 20.3 Å². The van der Waals surface area contributed by atoms with Gasteiger partial charge in [0.05, 0.1) is 6.54 Å². The Labute approximate surface area is 108 Å². The van der Waals surface area contributed by atoms with Gasteiger partial charge in [0.15, 0.2) is 0 Å². The zero-order valence-corrected chi connectivity index (χ0v) is 10.9. The van der Waals surface area contributed by atoms with Gasteiger partial charge in [-0.1, -0.05) is 19.1 Å². The topological polar surface area (TPSA) is 64.3 Å². The number of amides is 1. The fraction of sp³-hybridized carbons (Fsp3) is 0.357. The van der Waals surface area contributed by atoms with Crippen LogP contribution in [0.3, 0.4) is 0 Å². The van der Waals surface area contributed by atoms with Crippen LogP contribution in [0.5, 0.6) is 5.75 Å². The maximum Gasteiger partial charge on any atom is 0.246 e. The number of ether oxygens (including phenoxy) is 1. The third-order valence-corrected chi connectivity index (χ3v) is 2.38. The molecule has 1 rings (SSSR count). The van der Waals surface area contributed by atoms with Crippen molar-refractivity contribution in [2.24, 2.45) is 0 Å². The van der Waals surface area contributed by atoms with Gasteiger partial charge in [0, 0.05) is 17.3 Å². The fourth-order valence-electron chi connectivity index (χ4n) is 1.48. The summed E-state index contributed by atoms with van der Waals surface area (Å²) in [5, 5.41) is 2.79. The van der Waals surface area contributed by atoms with Gasteiger partial charge in [0.25, 0.3) is 0 Å². The van der Waals surface area contributed by atoms with Crippen LogP contribution in [-0.4, -0.2) is 19.1 Å². The Balaban J connectivity index is 2.27. The van der Waals surface area contributed by atoms with Crippen LogP contribution >= 0.6 is 0 Å². The SMILES string of the molecule is CCC=C(C)C(=O)NCCOc1cccc(N)c1. The molecule has 4 heteroatoms. The van der Waals surface area contributed by atoms with E-state index in [9.17, 15) is 4.79 Å². The van der Waals surface area contributed by atoms with Crippen molar-refractivity contribution in [1.29, 1.82) is 0 Å². The molecular weight excluding hydrogens is 228 g/mol. The van der Waals surface area contributed by atoms with Crippen LogP contribution in [0.2, 0.25) is 0 Å². The van der Waals surface area contributed by atoms with Crippen molar-refractivity contribution in [1.82, 2.24) is 5.32 Å². The van der Waals surface area contributed by atoms with E-state index in [0.29, 0.717) is 24.6 Å². The number of rotatable bonds is 6. The highest BCUT2D eigenvalue weighted by molar-refractivity contribution is 5.92. The number of nitrogens with two attached hydrogens (primary N) is 1. The number of nitrogens with one attached hydrogen (secondary N) is 1. The summed E-state index contributed by atoms with van der Waals surface area (Å²) < 4.78 is 5.46. The van der Waals surface area contributed by atoms with Crippen molar-refractivity contribution >= 4 is 11.6 Å². The molecule has 1 aromatic rings. The number of benzene rings is 1. The molecule has 0 aromatic heterocycles. The van der Waals surface area contributed by atoms with Crippen LogP contribution < -0.4 is 15.8 Å². The van der Waals surface area contributed by atoms with E-state index in [1.54, 1.807) is 19.1 Å². The lowest BCUT2D eigenvalue weighted by atomic mass is 10.2. The first kappa shape index (κ1) is 14.1. The average Bonchev–Trinajstić information content (AvgIpc) is 2.35. The minimum Gasteiger partial charge on any atom is -0.492 e. The molecule has 0 fully saturated rings. The summed E-state index contributed by atoms with van der Waals surface area (Å²) in [5.41, 5.74) is 7.03. The lowest BCUT2D eigenvalue weighted by Crippen LogP contribution is -2.28. The Hall–Kier alpha value is -1.97. The van der Waals surface area contributed by atoms with Gasteiger partial charge in [-0.05, 0) is 25.5 Å². The quantitative estimate of drug-likeness (QED) is 0.460. The predicted molar refractivity (Wildman–Crippen MR) is 73.4 cm³/mol. The maximum absolute atomic E-state index is 11.5. The van der Waals surface area contributed by atoms with Crippen LogP contribution in [-0.2, 0) is 4.79 Å². The standard InChI is InChI=1S/C14H20N2O2/c1-3-5-11(2)14(17)16-8-9-18-13-7-4-6-12(15)10-13/h4-7,10H,3,8-9,15H2,1-2H3,(H,16,17). The molecule has 0 spiro atoms. The van der Waals surface area contributed by atoms with Gasteiger partial charge in [0.1, 0.15) is 12.4 Å². The number of hydrogen-bond acceptors (Lipinski definition) is 3. The molecule has 98 valence electrons. The molecule has 0 saturated carbocycles. The van der Waals surface area contributed by atoms with Crippen LogP contribution in [0.15, 0.2) is 35.9 Å². The zero-order valence-electron chi connectivity index (χ0n) is 10.9. The number of hydrogen-bond donors (Lipinski definition) is 2. The lowest BCUT2D eigenvalue weighted by molar-refractivity contribution is -0.117. The summed E-state index contributed by atoms with van der Waals surface area (Å²) >= 11 is 0. The van der Waals surface area contributed by atoms with Crippen molar-refractivity contribution in [2.75, 3.05) is 18.9 Å². The number of carbonyl (C=O) groups is 1. The molecule has 0 bridgehead atoms. The second kappa shape index (κ2) is 7.37. The van der Waals surface area contributed by atoms with E-state index in [0.717, 1.165) is 12.0 Å². The number of anilines is 1. The summed E-state index contributed by atoms with van der Waals surface area (Å²) in [4.78, 5) is 11.5. The molecule has 0 radical (unpaired) electrons. The number of allylic oxidation sites excluding steroid dienone is 1. The van der Waals surface area contributed by atoms with Gasteiger partial charge in [-0.25, -0.2) is 0 Å². The minimum atomic E-state index is -0.0481. The van der Waals surface area contributed by atoms with E-state index >= 15 is 0 Å². The fourth-order valence-corrected chi connectivity index (χ4v) is 1.48. The van der Waals surface area contributed by atoms with E-state index < -0.39 is 0 Å². The predicted octanol–water partition coefficient (Wildman–Crippen LogP) is 2.12. The molecule has 1 aromatic carbocycles. The zero-order chi connectivity index (χ0) is 13.4. The summed E-state index contributed by atoms with van der Waals surface area (Å²) in [6, 6.07) is 7.22. The first-order chi connectivity index (χ1) is 8.63. The van der Waals surface area contributed by atoms with Gasteiger partial charge in [-0.3, -0.25) is 4.79 Å². The molecule has 0 saturated heterocycles.